The molecular weight excluding hydrogens is 967 g/mol. The maximum Gasteiger partial charge on any atom is 0.407 e. The van der Waals surface area contributed by atoms with E-state index in [2.05, 4.69) is 31.3 Å². The number of carbonyl (C=O) groups excluding carboxylic acids is 5. The number of hydrogen-bond acceptors (Lipinski definition) is 12. The predicted molar refractivity (Wildman–Crippen MR) is 283 cm³/mol. The normalized spacial score (nSPS) is 15.9. The number of esters is 1. The van der Waals surface area contributed by atoms with Crippen molar-refractivity contribution in [2.75, 3.05) is 26.9 Å². The summed E-state index contributed by atoms with van der Waals surface area (Å²) in [5, 5.41) is 22.4. The summed E-state index contributed by atoms with van der Waals surface area (Å²) < 4.78 is 53.0. The number of sulfonamides is 1. The van der Waals surface area contributed by atoms with E-state index >= 15 is 0 Å². The minimum absolute atomic E-state index is 0.0108. The molecular formula is C55H79N7O11S. The Kier molecular flexibility index (Phi) is 19.7. The largest absolute Gasteiger partial charge is 0.487 e. The Hall–Kier alpha value is -6.21. The Morgan fingerprint density at radius 1 is 0.824 bits per heavy atom. The van der Waals surface area contributed by atoms with Crippen LogP contribution in [0.5, 0.6) is 5.75 Å². The molecule has 0 aromatic heterocycles. The first kappa shape index (κ1) is 58.7. The summed E-state index contributed by atoms with van der Waals surface area (Å²) in [6.45, 7) is 21.8. The highest BCUT2D eigenvalue weighted by atomic mass is 32.2. The lowest BCUT2D eigenvalue weighted by atomic mass is 9.88. The molecule has 3 aromatic carbocycles. The van der Waals surface area contributed by atoms with Crippen LogP contribution in [0.1, 0.15) is 134 Å². The van der Waals surface area contributed by atoms with Crippen LogP contribution >= 0.6 is 0 Å². The van der Waals surface area contributed by atoms with Gasteiger partial charge in [0.15, 0.2) is 6.04 Å². The number of amides is 4. The van der Waals surface area contributed by atoms with E-state index in [0.717, 1.165) is 27.8 Å². The molecule has 1 aliphatic carbocycles. The second kappa shape index (κ2) is 24.9. The molecule has 0 unspecified atom stereocenters. The smallest absolute Gasteiger partial charge is 0.407 e. The van der Waals surface area contributed by atoms with Crippen molar-refractivity contribution in [1.82, 2.24) is 31.3 Å². The maximum atomic E-state index is 14.5. The zero-order valence-corrected chi connectivity index (χ0v) is 46.2. The third-order valence-corrected chi connectivity index (χ3v) is 15.3. The van der Waals surface area contributed by atoms with Gasteiger partial charge < -0.3 is 45.5 Å². The van der Waals surface area contributed by atoms with Crippen molar-refractivity contribution >= 4 is 45.8 Å². The summed E-state index contributed by atoms with van der Waals surface area (Å²) in [6.07, 6.45) is 1.20. The van der Waals surface area contributed by atoms with E-state index in [4.69, 9.17) is 24.4 Å². The monoisotopic (exact) mass is 1050 g/mol. The van der Waals surface area contributed by atoms with E-state index in [1.54, 1.807) is 41.5 Å². The molecule has 5 rings (SSSR count). The third kappa shape index (κ3) is 15.0. The molecule has 74 heavy (non-hydrogen) atoms. The van der Waals surface area contributed by atoms with Crippen LogP contribution in [0.2, 0.25) is 0 Å². The van der Waals surface area contributed by atoms with Gasteiger partial charge in [-0.1, -0.05) is 82.6 Å². The van der Waals surface area contributed by atoms with Crippen LogP contribution in [0.3, 0.4) is 0 Å². The van der Waals surface area contributed by atoms with Gasteiger partial charge in [0.2, 0.25) is 23.7 Å². The van der Waals surface area contributed by atoms with Gasteiger partial charge in [-0.2, -0.15) is 0 Å². The van der Waals surface area contributed by atoms with Crippen LogP contribution < -0.4 is 36.0 Å². The molecule has 18 nitrogen and oxygen atoms in total. The Morgan fingerprint density at radius 3 is 2.00 bits per heavy atom. The van der Waals surface area contributed by atoms with Crippen molar-refractivity contribution in [2.24, 2.45) is 11.8 Å². The Labute approximate surface area is 437 Å². The predicted octanol–water partition coefficient (Wildman–Crippen LogP) is 6.74. The lowest BCUT2D eigenvalue weighted by molar-refractivity contribution is -0.149. The molecule has 3 aromatic rings. The molecule has 19 heteroatoms. The Bertz CT molecular complexity index is 2620. The van der Waals surface area contributed by atoms with Crippen LogP contribution in [0, 0.1) is 38.0 Å². The topological polar surface area (TPSA) is 252 Å². The first-order valence-corrected chi connectivity index (χ1v) is 27.1. The van der Waals surface area contributed by atoms with Gasteiger partial charge in [0.05, 0.1) is 24.2 Å². The average molecular weight is 1050 g/mol. The van der Waals surface area contributed by atoms with Gasteiger partial charge in [-0.05, 0) is 144 Å². The molecule has 1 heterocycles. The lowest BCUT2D eigenvalue weighted by Gasteiger charge is -2.35. The highest BCUT2D eigenvalue weighted by Gasteiger charge is 2.37. The number of benzene rings is 3. The van der Waals surface area contributed by atoms with E-state index in [1.807, 2.05) is 90.1 Å². The number of rotatable bonds is 22. The molecule has 2 aliphatic rings. The first-order chi connectivity index (χ1) is 34.7. The summed E-state index contributed by atoms with van der Waals surface area (Å²) in [5.74, 6) is -3.44. The zero-order chi connectivity index (χ0) is 54.9. The maximum absolute atomic E-state index is 14.5. The molecule has 4 amide bonds. The molecule has 0 bridgehead atoms. The van der Waals surface area contributed by atoms with Gasteiger partial charge in [-0.15, -0.1) is 0 Å². The molecule has 0 saturated heterocycles. The van der Waals surface area contributed by atoms with Crippen LogP contribution in [0.4, 0.5) is 4.79 Å². The molecule has 406 valence electrons. The second-order valence-corrected chi connectivity index (χ2v) is 23.1. The summed E-state index contributed by atoms with van der Waals surface area (Å²) in [4.78, 5) is 69.2. The van der Waals surface area contributed by atoms with Gasteiger partial charge in [0, 0.05) is 12.5 Å². The van der Waals surface area contributed by atoms with Crippen molar-refractivity contribution in [1.29, 1.82) is 5.41 Å². The quantitative estimate of drug-likeness (QED) is 0.0239. The highest BCUT2D eigenvalue weighted by molar-refractivity contribution is 7.90. The van der Waals surface area contributed by atoms with Crippen molar-refractivity contribution < 1.29 is 51.3 Å². The fourth-order valence-corrected chi connectivity index (χ4v) is 10.9. The van der Waals surface area contributed by atoms with Gasteiger partial charge >= 0.3 is 12.1 Å². The molecule has 0 saturated carbocycles. The summed E-state index contributed by atoms with van der Waals surface area (Å²) in [6, 6.07) is 11.0. The molecule has 0 spiro atoms. The van der Waals surface area contributed by atoms with E-state index in [-0.39, 0.29) is 55.8 Å². The second-order valence-electron chi connectivity index (χ2n) is 21.5. The van der Waals surface area contributed by atoms with Crippen LogP contribution in [-0.4, -0.2) is 106 Å². The van der Waals surface area contributed by atoms with E-state index in [9.17, 15) is 32.4 Å². The van der Waals surface area contributed by atoms with Crippen LogP contribution in [0.25, 0.3) is 11.1 Å². The summed E-state index contributed by atoms with van der Waals surface area (Å²) >= 11 is 0. The minimum atomic E-state index is -4.25. The number of hydrogen-bond donors (Lipinski definition) is 7. The van der Waals surface area contributed by atoms with Gasteiger partial charge in [0.25, 0.3) is 10.0 Å². The highest BCUT2D eigenvalue weighted by Crippen LogP contribution is 2.45. The van der Waals surface area contributed by atoms with Crippen LogP contribution in [0.15, 0.2) is 53.4 Å². The van der Waals surface area contributed by atoms with Crippen molar-refractivity contribution in [3.8, 4) is 16.9 Å². The molecule has 0 radical (unpaired) electrons. The van der Waals surface area contributed by atoms with Crippen molar-refractivity contribution in [3.63, 3.8) is 0 Å². The number of carbonyl (C=O) groups is 5. The Balaban J connectivity index is 1.33. The molecule has 5 atom stereocenters. The fraction of sp³-hybridized carbons (Fsp3) is 0.564. The Morgan fingerprint density at radius 2 is 1.42 bits per heavy atom. The number of fused-ring (bicyclic) bond motifs is 4. The van der Waals surface area contributed by atoms with Crippen LogP contribution in [-0.2, 0) is 49.8 Å². The third-order valence-electron chi connectivity index (χ3n) is 13.7. The van der Waals surface area contributed by atoms with Gasteiger partial charge in [-0.25, -0.2) is 22.7 Å². The van der Waals surface area contributed by atoms with E-state index in [0.29, 0.717) is 41.7 Å². The summed E-state index contributed by atoms with van der Waals surface area (Å²) in [5.41, 5.74) is 5.69. The molecule has 7 N–H and O–H groups in total. The first-order valence-electron chi connectivity index (χ1n) is 25.6. The average Bonchev–Trinajstić information content (AvgIpc) is 3.65. The number of methoxy groups -OCH3 is 1. The van der Waals surface area contributed by atoms with E-state index < -0.39 is 87.1 Å². The standard InChI is InChI=1S/C55H79N7O11S/c1-14-32(4)45(50(65)59-44(51(66)70-13)30-72-54(8,9)10)61-48(63)42(24-19-27-57-52(56)62-74(68,69)47-34(6)33(5)46-36(35(47)7)25-26-55(11,12)73-46)58-49(64)43(28-31(2)3)60-53(67)71-29-41-39-22-17-15-20-37(39)38-21-16-18-23-40(38)41/h15-18,20-23,31-32,41-45H,14,19,24-30H2,1-13H3,(H,58,64)(H,59,65)(H,60,67)(H,61,63)(H3,56,57,62)/t32-,42+,43-,44-,45-/m0/s1. The number of ether oxygens (including phenoxy) is 4. The van der Waals surface area contributed by atoms with Crippen molar-refractivity contribution in [3.05, 3.63) is 81.9 Å². The molecule has 1 aliphatic heterocycles. The fourth-order valence-electron chi connectivity index (χ4n) is 9.38. The van der Waals surface area contributed by atoms with E-state index in [1.165, 1.54) is 7.11 Å². The lowest BCUT2D eigenvalue weighted by Crippen LogP contribution is -2.59. The zero-order valence-electron chi connectivity index (χ0n) is 45.4. The number of guanidine groups is 1. The number of alkyl carbamates (subject to hydrolysis) is 1. The summed E-state index contributed by atoms with van der Waals surface area (Å²) in [7, 11) is -3.06. The van der Waals surface area contributed by atoms with Gasteiger partial charge in [-0.3, -0.25) is 19.8 Å². The van der Waals surface area contributed by atoms with Gasteiger partial charge in [0.1, 0.15) is 36.1 Å². The number of nitrogens with one attached hydrogen (secondary N) is 7. The SMILES string of the molecule is CC[C@H](C)[C@H](NC(=O)[C@@H](CCCNC(=N)NS(=O)(=O)c1c(C)c(C)c2c(c1C)CCC(C)(C)O2)NC(=O)[C@H](CC(C)C)NC(=O)OCC1c2ccccc2-c2ccccc21)C(=O)N[C@@H](COC(C)(C)C)C(=O)OC. The van der Waals surface area contributed by atoms with Crippen molar-refractivity contribution in [2.45, 2.75) is 168 Å². The minimum Gasteiger partial charge on any atom is -0.487 e. The molecule has 0 fully saturated rings.